The molecule has 1 N–H and O–H groups in total. The second-order valence-electron chi connectivity index (χ2n) is 6.99. The summed E-state index contributed by atoms with van der Waals surface area (Å²) in [7, 11) is 1.63. The van der Waals surface area contributed by atoms with Gasteiger partial charge in [-0.15, -0.1) is 11.3 Å². The maximum atomic E-state index is 12.8. The fraction of sp³-hybridized carbons (Fsp3) is 0.381. The summed E-state index contributed by atoms with van der Waals surface area (Å²) in [5, 5.41) is 4.13. The Hall–Kier alpha value is -2.67. The molecule has 0 saturated carbocycles. The van der Waals surface area contributed by atoms with Crippen molar-refractivity contribution in [3.05, 3.63) is 41.5 Å². The molecule has 0 bridgehead atoms. The second kappa shape index (κ2) is 8.14. The third-order valence-corrected chi connectivity index (χ3v) is 6.34. The lowest BCUT2D eigenvalue weighted by molar-refractivity contribution is -0.120. The number of anilines is 2. The van der Waals surface area contributed by atoms with Gasteiger partial charge in [0, 0.05) is 23.7 Å². The van der Waals surface area contributed by atoms with E-state index in [1.807, 2.05) is 24.3 Å². The fourth-order valence-corrected chi connectivity index (χ4v) is 4.55. The number of aromatic nitrogens is 2. The van der Waals surface area contributed by atoms with E-state index in [1.54, 1.807) is 24.8 Å². The predicted octanol–water partition coefficient (Wildman–Crippen LogP) is 4.12. The number of aryl methyl sites for hydroxylation is 1. The van der Waals surface area contributed by atoms with E-state index in [0.717, 1.165) is 53.3 Å². The van der Waals surface area contributed by atoms with Crippen molar-refractivity contribution in [3.8, 4) is 5.75 Å². The predicted molar refractivity (Wildman–Crippen MR) is 113 cm³/mol. The van der Waals surface area contributed by atoms with Crippen molar-refractivity contribution < 1.29 is 9.53 Å². The molecule has 3 heterocycles. The van der Waals surface area contributed by atoms with Gasteiger partial charge in [0.05, 0.1) is 18.4 Å². The quantitative estimate of drug-likeness (QED) is 0.703. The molecule has 1 atom stereocenters. The van der Waals surface area contributed by atoms with Gasteiger partial charge in [-0.05, 0) is 49.6 Å². The average Bonchev–Trinajstić information content (AvgIpc) is 3.18. The number of carbonyl (C=O) groups excluding carboxylic acids is 1. The fourth-order valence-electron chi connectivity index (χ4n) is 3.62. The number of benzene rings is 1. The zero-order chi connectivity index (χ0) is 19.5. The van der Waals surface area contributed by atoms with Gasteiger partial charge in [-0.3, -0.25) is 4.79 Å². The van der Waals surface area contributed by atoms with Crippen molar-refractivity contribution in [2.45, 2.75) is 26.2 Å². The Morgan fingerprint density at radius 3 is 2.89 bits per heavy atom. The van der Waals surface area contributed by atoms with Gasteiger partial charge in [-0.25, -0.2) is 9.97 Å². The van der Waals surface area contributed by atoms with Gasteiger partial charge in [0.2, 0.25) is 5.91 Å². The van der Waals surface area contributed by atoms with Crippen LogP contribution in [-0.4, -0.2) is 36.1 Å². The molecule has 7 heteroatoms. The maximum absolute atomic E-state index is 12.8. The van der Waals surface area contributed by atoms with Gasteiger partial charge >= 0.3 is 0 Å². The van der Waals surface area contributed by atoms with E-state index in [4.69, 9.17) is 4.74 Å². The number of nitrogens with zero attached hydrogens (tertiary/aromatic N) is 3. The van der Waals surface area contributed by atoms with E-state index in [0.29, 0.717) is 6.54 Å². The molecule has 3 aromatic rings. The molecular weight excluding hydrogens is 372 g/mol. The number of thiophene rings is 1. The summed E-state index contributed by atoms with van der Waals surface area (Å²) in [4.78, 5) is 26.3. The van der Waals surface area contributed by atoms with Crippen molar-refractivity contribution >= 4 is 39.0 Å². The molecule has 1 saturated heterocycles. The molecule has 1 unspecified atom stereocenters. The van der Waals surface area contributed by atoms with Crippen LogP contribution in [-0.2, 0) is 11.2 Å². The van der Waals surface area contributed by atoms with E-state index in [2.05, 4.69) is 33.2 Å². The van der Waals surface area contributed by atoms with Crippen LogP contribution in [0.15, 0.2) is 36.7 Å². The smallest absolute Gasteiger partial charge is 0.229 e. The van der Waals surface area contributed by atoms with Gasteiger partial charge in [0.15, 0.2) is 0 Å². The lowest BCUT2D eigenvalue weighted by Gasteiger charge is -2.33. The highest BCUT2D eigenvalue weighted by Crippen LogP contribution is 2.32. The minimum absolute atomic E-state index is 0.0553. The highest BCUT2D eigenvalue weighted by atomic mass is 32.1. The van der Waals surface area contributed by atoms with Gasteiger partial charge in [0.1, 0.15) is 22.7 Å². The van der Waals surface area contributed by atoms with Crippen LogP contribution < -0.4 is 15.0 Å². The number of fused-ring (bicyclic) bond motifs is 1. The van der Waals surface area contributed by atoms with Crippen LogP contribution in [0.3, 0.4) is 0 Å². The number of hydrogen-bond acceptors (Lipinski definition) is 6. The molecule has 1 amide bonds. The van der Waals surface area contributed by atoms with Gasteiger partial charge in [-0.2, -0.15) is 0 Å². The summed E-state index contributed by atoms with van der Waals surface area (Å²) in [6.07, 6.45) is 4.48. The van der Waals surface area contributed by atoms with Crippen LogP contribution in [0.1, 0.15) is 24.6 Å². The van der Waals surface area contributed by atoms with Crippen LogP contribution in [0.5, 0.6) is 5.75 Å². The van der Waals surface area contributed by atoms with E-state index < -0.39 is 0 Å². The van der Waals surface area contributed by atoms with Crippen molar-refractivity contribution in [2.24, 2.45) is 5.92 Å². The largest absolute Gasteiger partial charge is 0.497 e. The van der Waals surface area contributed by atoms with Crippen LogP contribution in [0.25, 0.3) is 10.2 Å². The highest BCUT2D eigenvalue weighted by Gasteiger charge is 2.28. The Morgan fingerprint density at radius 2 is 2.14 bits per heavy atom. The van der Waals surface area contributed by atoms with Gasteiger partial charge in [0.25, 0.3) is 0 Å². The summed E-state index contributed by atoms with van der Waals surface area (Å²) < 4.78 is 5.17. The van der Waals surface area contributed by atoms with Crippen molar-refractivity contribution in [3.63, 3.8) is 0 Å². The normalized spacial score (nSPS) is 16.9. The molecule has 6 nitrogen and oxygen atoms in total. The Labute approximate surface area is 168 Å². The summed E-state index contributed by atoms with van der Waals surface area (Å²) in [6, 6.07) is 9.62. The molecule has 0 spiro atoms. The number of methoxy groups -OCH3 is 1. The third-order valence-electron chi connectivity index (χ3n) is 5.16. The van der Waals surface area contributed by atoms with E-state index in [-0.39, 0.29) is 11.8 Å². The van der Waals surface area contributed by atoms with Crippen molar-refractivity contribution in [1.82, 2.24) is 9.97 Å². The summed E-state index contributed by atoms with van der Waals surface area (Å²) in [5.74, 6) is 1.71. The van der Waals surface area contributed by atoms with E-state index in [1.165, 1.54) is 4.88 Å². The number of hydrogen-bond donors (Lipinski definition) is 1. The first kappa shape index (κ1) is 18.7. The number of ether oxygens (including phenoxy) is 1. The van der Waals surface area contributed by atoms with Gasteiger partial charge < -0.3 is 15.0 Å². The Kier molecular flexibility index (Phi) is 5.43. The Balaban J connectivity index is 1.49. The molecule has 2 aromatic heterocycles. The Bertz CT molecular complexity index is 970. The standard InChI is InChI=1S/C21H24N4O2S/c1-3-17-11-18-19(22-13-23-21(18)28-17)25-10-4-5-14(12-25)20(26)24-15-6-8-16(27-2)9-7-15/h6-9,11,13-14H,3-5,10,12H2,1-2H3,(H,24,26). The first-order chi connectivity index (χ1) is 13.7. The lowest BCUT2D eigenvalue weighted by atomic mass is 9.97. The van der Waals surface area contributed by atoms with Crippen LogP contribution in [0, 0.1) is 5.92 Å². The molecule has 1 aliphatic heterocycles. The number of amides is 1. The van der Waals surface area contributed by atoms with Crippen LogP contribution in [0.4, 0.5) is 11.5 Å². The summed E-state index contributed by atoms with van der Waals surface area (Å²) in [6.45, 7) is 3.74. The molecule has 1 aromatic carbocycles. The minimum Gasteiger partial charge on any atom is -0.497 e. The lowest BCUT2D eigenvalue weighted by Crippen LogP contribution is -2.41. The SMILES string of the molecule is CCc1cc2c(N3CCCC(C(=O)Nc4ccc(OC)cc4)C3)ncnc2s1. The molecule has 1 fully saturated rings. The number of rotatable bonds is 5. The third kappa shape index (κ3) is 3.80. The number of carbonyl (C=O) groups is 1. The minimum atomic E-state index is -0.0647. The van der Waals surface area contributed by atoms with E-state index >= 15 is 0 Å². The molecule has 1 aliphatic rings. The zero-order valence-corrected chi connectivity index (χ0v) is 17.0. The van der Waals surface area contributed by atoms with E-state index in [9.17, 15) is 4.79 Å². The summed E-state index contributed by atoms with van der Waals surface area (Å²) in [5.41, 5.74) is 0.790. The molecule has 0 radical (unpaired) electrons. The van der Waals surface area contributed by atoms with Crippen LogP contribution >= 0.6 is 11.3 Å². The molecule has 28 heavy (non-hydrogen) atoms. The second-order valence-corrected chi connectivity index (χ2v) is 8.10. The van der Waals surface area contributed by atoms with Gasteiger partial charge in [-0.1, -0.05) is 6.92 Å². The topological polar surface area (TPSA) is 67.4 Å². The zero-order valence-electron chi connectivity index (χ0n) is 16.1. The monoisotopic (exact) mass is 396 g/mol. The Morgan fingerprint density at radius 1 is 1.32 bits per heavy atom. The van der Waals surface area contributed by atoms with Crippen LogP contribution in [0.2, 0.25) is 0 Å². The summed E-state index contributed by atoms with van der Waals surface area (Å²) >= 11 is 1.72. The molecule has 0 aliphatic carbocycles. The maximum Gasteiger partial charge on any atom is 0.229 e. The highest BCUT2D eigenvalue weighted by molar-refractivity contribution is 7.18. The molecule has 4 rings (SSSR count). The van der Waals surface area contributed by atoms with Crippen molar-refractivity contribution in [2.75, 3.05) is 30.4 Å². The number of piperidine rings is 1. The van der Waals surface area contributed by atoms with Crippen molar-refractivity contribution in [1.29, 1.82) is 0 Å². The first-order valence-corrected chi connectivity index (χ1v) is 10.4. The molecular formula is C21H24N4O2S. The first-order valence-electron chi connectivity index (χ1n) is 9.61. The molecule has 146 valence electrons. The number of nitrogens with one attached hydrogen (secondary N) is 1. The average molecular weight is 397 g/mol.